The fourth-order valence-corrected chi connectivity index (χ4v) is 3.31. The van der Waals surface area contributed by atoms with Crippen molar-refractivity contribution in [1.29, 1.82) is 0 Å². The molecule has 2 rings (SSSR count). The number of imidazole rings is 1. The molecule has 0 amide bonds. The summed E-state index contributed by atoms with van der Waals surface area (Å²) in [6, 6.07) is 8.77. The summed E-state index contributed by atoms with van der Waals surface area (Å²) in [5.74, 6) is 7.74. The van der Waals surface area contributed by atoms with E-state index in [-0.39, 0.29) is 6.04 Å². The first-order chi connectivity index (χ1) is 10.2. The van der Waals surface area contributed by atoms with Gasteiger partial charge in [-0.15, -0.1) is 11.8 Å². The van der Waals surface area contributed by atoms with Gasteiger partial charge in [0.1, 0.15) is 5.82 Å². The predicted molar refractivity (Wildman–Crippen MR) is 89.2 cm³/mol. The Labute approximate surface area is 131 Å². The zero-order chi connectivity index (χ0) is 15.1. The van der Waals surface area contributed by atoms with Crippen molar-refractivity contribution in [3.8, 4) is 0 Å². The van der Waals surface area contributed by atoms with Crippen LogP contribution >= 0.6 is 11.8 Å². The molecule has 114 valence electrons. The van der Waals surface area contributed by atoms with E-state index in [9.17, 15) is 0 Å². The number of benzene rings is 1. The molecular formula is C16H24N4S. The third-order valence-corrected chi connectivity index (χ3v) is 4.53. The molecule has 0 radical (unpaired) electrons. The molecule has 21 heavy (non-hydrogen) atoms. The predicted octanol–water partition coefficient (Wildman–Crippen LogP) is 2.77. The Morgan fingerprint density at radius 1 is 1.43 bits per heavy atom. The molecule has 1 heterocycles. The van der Waals surface area contributed by atoms with Gasteiger partial charge in [0, 0.05) is 42.0 Å². The van der Waals surface area contributed by atoms with Gasteiger partial charge in [-0.25, -0.2) is 4.98 Å². The molecule has 3 N–H and O–H groups in total. The van der Waals surface area contributed by atoms with Gasteiger partial charge in [0.25, 0.3) is 0 Å². The maximum Gasteiger partial charge on any atom is 0.110 e. The fourth-order valence-electron chi connectivity index (χ4n) is 2.26. The van der Waals surface area contributed by atoms with Gasteiger partial charge in [0.2, 0.25) is 0 Å². The van der Waals surface area contributed by atoms with Gasteiger partial charge >= 0.3 is 0 Å². The van der Waals surface area contributed by atoms with Crippen molar-refractivity contribution in [2.45, 2.75) is 44.2 Å². The summed E-state index contributed by atoms with van der Waals surface area (Å²) in [7, 11) is 0. The van der Waals surface area contributed by atoms with Crippen LogP contribution in [0.3, 0.4) is 0 Å². The molecule has 0 aliphatic heterocycles. The molecular weight excluding hydrogens is 280 g/mol. The maximum atomic E-state index is 5.71. The topological polar surface area (TPSA) is 55.9 Å². The first-order valence-corrected chi connectivity index (χ1v) is 8.37. The van der Waals surface area contributed by atoms with Crippen LogP contribution in [0.25, 0.3) is 0 Å². The SMILES string of the molecule is CCCn1ccnc1CC(CSc1cccc(C)c1)NN. The molecule has 0 saturated carbocycles. The minimum Gasteiger partial charge on any atom is -0.335 e. The third kappa shape index (κ3) is 4.88. The summed E-state index contributed by atoms with van der Waals surface area (Å²) < 4.78 is 2.21. The number of nitrogens with one attached hydrogen (secondary N) is 1. The van der Waals surface area contributed by atoms with E-state index < -0.39 is 0 Å². The van der Waals surface area contributed by atoms with Crippen molar-refractivity contribution in [3.63, 3.8) is 0 Å². The fraction of sp³-hybridized carbons (Fsp3) is 0.438. The molecule has 5 heteroatoms. The van der Waals surface area contributed by atoms with Crippen molar-refractivity contribution in [2.75, 3.05) is 5.75 Å². The van der Waals surface area contributed by atoms with Gasteiger partial charge < -0.3 is 4.57 Å². The minimum atomic E-state index is 0.216. The number of rotatable bonds is 8. The minimum absolute atomic E-state index is 0.216. The quantitative estimate of drug-likeness (QED) is 0.447. The largest absolute Gasteiger partial charge is 0.335 e. The van der Waals surface area contributed by atoms with Gasteiger partial charge in [0.05, 0.1) is 0 Å². The number of nitrogens with zero attached hydrogens (tertiary/aromatic N) is 2. The summed E-state index contributed by atoms with van der Waals surface area (Å²) in [6.07, 6.45) is 5.87. The third-order valence-electron chi connectivity index (χ3n) is 3.37. The highest BCUT2D eigenvalue weighted by Gasteiger charge is 2.12. The van der Waals surface area contributed by atoms with Crippen LogP contribution in [0.5, 0.6) is 0 Å². The lowest BCUT2D eigenvalue weighted by Crippen LogP contribution is -2.39. The van der Waals surface area contributed by atoms with E-state index in [4.69, 9.17) is 5.84 Å². The summed E-state index contributed by atoms with van der Waals surface area (Å²) in [5.41, 5.74) is 4.21. The van der Waals surface area contributed by atoms with E-state index in [1.165, 1.54) is 10.5 Å². The Kier molecular flexibility index (Phi) is 6.29. The lowest BCUT2D eigenvalue weighted by molar-refractivity contribution is 0.535. The van der Waals surface area contributed by atoms with Crippen LogP contribution < -0.4 is 11.3 Å². The van der Waals surface area contributed by atoms with Gasteiger partial charge in [-0.3, -0.25) is 11.3 Å². The maximum absolute atomic E-state index is 5.71. The van der Waals surface area contributed by atoms with Crippen molar-refractivity contribution in [1.82, 2.24) is 15.0 Å². The number of hydrazine groups is 1. The summed E-state index contributed by atoms with van der Waals surface area (Å²) >= 11 is 1.83. The molecule has 2 aromatic rings. The number of hydrogen-bond acceptors (Lipinski definition) is 4. The van der Waals surface area contributed by atoms with Gasteiger partial charge in [-0.1, -0.05) is 24.6 Å². The van der Waals surface area contributed by atoms with Crippen LogP contribution in [0.4, 0.5) is 0 Å². The number of hydrogen-bond donors (Lipinski definition) is 2. The summed E-state index contributed by atoms with van der Waals surface area (Å²) in [5, 5.41) is 0. The van der Waals surface area contributed by atoms with Crippen LogP contribution in [0.1, 0.15) is 24.7 Å². The molecule has 1 atom stereocenters. The van der Waals surface area contributed by atoms with Crippen LogP contribution in [0.2, 0.25) is 0 Å². The lowest BCUT2D eigenvalue weighted by Gasteiger charge is -2.16. The number of thioether (sulfide) groups is 1. The van der Waals surface area contributed by atoms with Crippen LogP contribution in [0.15, 0.2) is 41.6 Å². The van der Waals surface area contributed by atoms with Crippen molar-refractivity contribution >= 4 is 11.8 Å². The highest BCUT2D eigenvalue weighted by atomic mass is 32.2. The molecule has 0 bridgehead atoms. The summed E-state index contributed by atoms with van der Waals surface area (Å²) in [6.45, 7) is 5.30. The van der Waals surface area contributed by atoms with Crippen LogP contribution in [0, 0.1) is 6.92 Å². The van der Waals surface area contributed by atoms with E-state index in [2.05, 4.69) is 53.1 Å². The first kappa shape index (κ1) is 16.1. The zero-order valence-electron chi connectivity index (χ0n) is 12.7. The molecule has 0 fully saturated rings. The van der Waals surface area contributed by atoms with Crippen LogP contribution in [-0.2, 0) is 13.0 Å². The van der Waals surface area contributed by atoms with Gasteiger partial charge in [0.15, 0.2) is 0 Å². The smallest absolute Gasteiger partial charge is 0.110 e. The van der Waals surface area contributed by atoms with Crippen molar-refractivity contribution in [3.05, 3.63) is 48.0 Å². The Hall–Kier alpha value is -1.30. The van der Waals surface area contributed by atoms with E-state index in [0.29, 0.717) is 0 Å². The molecule has 0 spiro atoms. The number of aryl methyl sites for hydroxylation is 2. The summed E-state index contributed by atoms with van der Waals surface area (Å²) in [4.78, 5) is 5.73. The van der Waals surface area contributed by atoms with Crippen LogP contribution in [-0.4, -0.2) is 21.3 Å². The molecule has 1 aromatic heterocycles. The second-order valence-corrected chi connectivity index (χ2v) is 6.33. The normalized spacial score (nSPS) is 12.5. The molecule has 1 unspecified atom stereocenters. The standard InChI is InChI=1S/C16H24N4S/c1-3-8-20-9-7-18-16(20)11-14(19-17)12-21-15-6-4-5-13(2)10-15/h4-7,9-10,14,19H,3,8,11-12,17H2,1-2H3. The molecule has 1 aromatic carbocycles. The van der Waals surface area contributed by atoms with Gasteiger partial charge in [-0.2, -0.15) is 0 Å². The second kappa shape index (κ2) is 8.22. The van der Waals surface area contributed by atoms with E-state index >= 15 is 0 Å². The highest BCUT2D eigenvalue weighted by Crippen LogP contribution is 2.20. The Balaban J connectivity index is 1.92. The average molecular weight is 304 g/mol. The van der Waals surface area contributed by atoms with Crippen molar-refractivity contribution < 1.29 is 0 Å². The first-order valence-electron chi connectivity index (χ1n) is 7.38. The Morgan fingerprint density at radius 2 is 2.29 bits per heavy atom. The molecule has 4 nitrogen and oxygen atoms in total. The highest BCUT2D eigenvalue weighted by molar-refractivity contribution is 7.99. The molecule has 0 aliphatic carbocycles. The Bertz CT molecular complexity index is 553. The van der Waals surface area contributed by atoms with E-state index in [1.807, 2.05) is 24.2 Å². The second-order valence-electron chi connectivity index (χ2n) is 5.23. The number of aromatic nitrogens is 2. The Morgan fingerprint density at radius 3 is 3.00 bits per heavy atom. The van der Waals surface area contributed by atoms with Gasteiger partial charge in [-0.05, 0) is 25.5 Å². The number of nitrogens with two attached hydrogens (primary N) is 1. The zero-order valence-corrected chi connectivity index (χ0v) is 13.6. The van der Waals surface area contributed by atoms with E-state index in [0.717, 1.165) is 31.0 Å². The van der Waals surface area contributed by atoms with E-state index in [1.54, 1.807) is 0 Å². The monoisotopic (exact) mass is 304 g/mol. The molecule has 0 saturated heterocycles. The lowest BCUT2D eigenvalue weighted by atomic mass is 10.2. The molecule has 0 aliphatic rings. The average Bonchev–Trinajstić information content (AvgIpc) is 2.91. The van der Waals surface area contributed by atoms with Crippen molar-refractivity contribution in [2.24, 2.45) is 5.84 Å².